The van der Waals surface area contributed by atoms with E-state index in [1.807, 2.05) is 13.8 Å². The van der Waals surface area contributed by atoms with Gasteiger partial charge in [-0.3, -0.25) is 0 Å². The molecule has 1 atom stereocenters. The number of methoxy groups -OCH3 is 1. The molecule has 11 heavy (non-hydrogen) atoms. The molecule has 0 aromatic rings. The van der Waals surface area contributed by atoms with Crippen LogP contribution in [0.2, 0.25) is 0 Å². The highest BCUT2D eigenvalue weighted by atomic mass is 16.5. The van der Waals surface area contributed by atoms with Crippen molar-refractivity contribution in [1.82, 2.24) is 0 Å². The maximum absolute atomic E-state index is 5.56. The molecule has 64 valence electrons. The summed E-state index contributed by atoms with van der Waals surface area (Å²) in [6.45, 7) is 7.87. The van der Waals surface area contributed by atoms with Crippen molar-refractivity contribution in [2.45, 2.75) is 38.4 Å². The Balaban J connectivity index is 2.63. The molecule has 2 heteroatoms. The maximum atomic E-state index is 5.56. The normalized spacial score (nSPS) is 29.7. The second-order valence-electron chi connectivity index (χ2n) is 3.51. The lowest BCUT2D eigenvalue weighted by molar-refractivity contribution is -0.114. The second kappa shape index (κ2) is 2.86. The van der Waals surface area contributed by atoms with Crippen LogP contribution in [0.1, 0.15) is 26.7 Å². The molecule has 0 spiro atoms. The molecule has 0 aromatic carbocycles. The SMILES string of the molecule is C=C1CCC(OC)C(C)(C)O1. The van der Waals surface area contributed by atoms with Gasteiger partial charge in [-0.2, -0.15) is 0 Å². The van der Waals surface area contributed by atoms with E-state index in [1.54, 1.807) is 7.11 Å². The molecular formula is C9H16O2. The first-order chi connectivity index (χ1) is 5.06. The van der Waals surface area contributed by atoms with E-state index in [9.17, 15) is 0 Å². The summed E-state index contributed by atoms with van der Waals surface area (Å²) < 4.78 is 10.8. The fraction of sp³-hybridized carbons (Fsp3) is 0.778. The van der Waals surface area contributed by atoms with Crippen molar-refractivity contribution in [2.75, 3.05) is 7.11 Å². The van der Waals surface area contributed by atoms with E-state index < -0.39 is 0 Å². The van der Waals surface area contributed by atoms with Crippen LogP contribution in [0.15, 0.2) is 12.3 Å². The largest absolute Gasteiger partial charge is 0.490 e. The molecule has 1 saturated heterocycles. The number of hydrogen-bond acceptors (Lipinski definition) is 2. The minimum Gasteiger partial charge on any atom is -0.490 e. The quantitative estimate of drug-likeness (QED) is 0.579. The molecule has 1 fully saturated rings. The highest BCUT2D eigenvalue weighted by Crippen LogP contribution is 2.31. The van der Waals surface area contributed by atoms with Crippen LogP contribution in [0.25, 0.3) is 0 Å². The van der Waals surface area contributed by atoms with Crippen LogP contribution in [-0.4, -0.2) is 18.8 Å². The summed E-state index contributed by atoms with van der Waals surface area (Å²) in [5.74, 6) is 0.878. The first-order valence-corrected chi connectivity index (χ1v) is 3.96. The van der Waals surface area contributed by atoms with Crippen molar-refractivity contribution in [3.05, 3.63) is 12.3 Å². The summed E-state index contributed by atoms with van der Waals surface area (Å²) in [5, 5.41) is 0. The molecule has 0 saturated carbocycles. The Morgan fingerprint density at radius 2 is 2.27 bits per heavy atom. The van der Waals surface area contributed by atoms with Crippen LogP contribution in [-0.2, 0) is 9.47 Å². The predicted molar refractivity (Wildman–Crippen MR) is 44.3 cm³/mol. The van der Waals surface area contributed by atoms with Crippen LogP contribution in [0.3, 0.4) is 0 Å². The van der Waals surface area contributed by atoms with Crippen LogP contribution in [0.4, 0.5) is 0 Å². The van der Waals surface area contributed by atoms with E-state index in [2.05, 4.69) is 6.58 Å². The molecule has 1 aliphatic heterocycles. The zero-order valence-electron chi connectivity index (χ0n) is 7.52. The fourth-order valence-electron chi connectivity index (χ4n) is 1.53. The third-order valence-corrected chi connectivity index (χ3v) is 2.15. The first kappa shape index (κ1) is 8.60. The third kappa shape index (κ3) is 1.74. The van der Waals surface area contributed by atoms with Crippen LogP contribution in [0, 0.1) is 0 Å². The standard InChI is InChI=1S/C9H16O2/c1-7-5-6-8(10-4)9(2,3)11-7/h8H,1,5-6H2,2-4H3. The molecule has 1 rings (SSSR count). The average Bonchev–Trinajstić information content (AvgIpc) is 1.85. The summed E-state index contributed by atoms with van der Waals surface area (Å²) in [6, 6.07) is 0. The monoisotopic (exact) mass is 156 g/mol. The third-order valence-electron chi connectivity index (χ3n) is 2.15. The van der Waals surface area contributed by atoms with Crippen molar-refractivity contribution in [2.24, 2.45) is 0 Å². The summed E-state index contributed by atoms with van der Waals surface area (Å²) in [7, 11) is 1.73. The van der Waals surface area contributed by atoms with Gasteiger partial charge >= 0.3 is 0 Å². The van der Waals surface area contributed by atoms with Gasteiger partial charge in [0.05, 0.1) is 11.9 Å². The fourth-order valence-corrected chi connectivity index (χ4v) is 1.53. The van der Waals surface area contributed by atoms with E-state index in [0.717, 1.165) is 18.6 Å². The summed E-state index contributed by atoms with van der Waals surface area (Å²) in [5.41, 5.74) is -0.204. The van der Waals surface area contributed by atoms with Gasteiger partial charge < -0.3 is 9.47 Å². The predicted octanol–water partition coefficient (Wildman–Crippen LogP) is 2.10. The highest BCUT2D eigenvalue weighted by Gasteiger charge is 2.35. The van der Waals surface area contributed by atoms with Crippen LogP contribution < -0.4 is 0 Å². The molecular weight excluding hydrogens is 140 g/mol. The Morgan fingerprint density at radius 1 is 1.64 bits per heavy atom. The Bertz CT molecular complexity index is 161. The van der Waals surface area contributed by atoms with Crippen molar-refractivity contribution in [1.29, 1.82) is 0 Å². The van der Waals surface area contributed by atoms with E-state index in [-0.39, 0.29) is 11.7 Å². The zero-order valence-corrected chi connectivity index (χ0v) is 7.52. The zero-order chi connectivity index (χ0) is 8.48. The minimum absolute atomic E-state index is 0.202. The summed E-state index contributed by atoms with van der Waals surface area (Å²) >= 11 is 0. The van der Waals surface area contributed by atoms with Gasteiger partial charge in [0.1, 0.15) is 5.60 Å². The van der Waals surface area contributed by atoms with Gasteiger partial charge in [0.2, 0.25) is 0 Å². The smallest absolute Gasteiger partial charge is 0.129 e. The van der Waals surface area contributed by atoms with E-state index in [1.165, 1.54) is 0 Å². The van der Waals surface area contributed by atoms with Crippen molar-refractivity contribution >= 4 is 0 Å². The van der Waals surface area contributed by atoms with Gasteiger partial charge in [-0.25, -0.2) is 0 Å². The number of ether oxygens (including phenoxy) is 2. The van der Waals surface area contributed by atoms with Gasteiger partial charge in [-0.1, -0.05) is 6.58 Å². The molecule has 0 aromatic heterocycles. The molecule has 0 amide bonds. The van der Waals surface area contributed by atoms with Gasteiger partial charge in [0.25, 0.3) is 0 Å². The van der Waals surface area contributed by atoms with E-state index in [4.69, 9.17) is 9.47 Å². The minimum atomic E-state index is -0.204. The van der Waals surface area contributed by atoms with Crippen molar-refractivity contribution in [3.63, 3.8) is 0 Å². The number of allylic oxidation sites excluding steroid dienone is 1. The Hall–Kier alpha value is -0.500. The summed E-state index contributed by atoms with van der Waals surface area (Å²) in [4.78, 5) is 0. The van der Waals surface area contributed by atoms with Gasteiger partial charge in [-0.15, -0.1) is 0 Å². The van der Waals surface area contributed by atoms with Gasteiger partial charge in [-0.05, 0) is 20.3 Å². The topological polar surface area (TPSA) is 18.5 Å². The lowest BCUT2D eigenvalue weighted by atomic mass is 9.93. The lowest BCUT2D eigenvalue weighted by Crippen LogP contribution is -2.43. The van der Waals surface area contributed by atoms with Crippen molar-refractivity contribution < 1.29 is 9.47 Å². The Morgan fingerprint density at radius 3 is 2.73 bits per heavy atom. The lowest BCUT2D eigenvalue weighted by Gasteiger charge is -2.38. The molecule has 1 heterocycles. The first-order valence-electron chi connectivity index (χ1n) is 3.96. The number of rotatable bonds is 1. The number of hydrogen-bond donors (Lipinski definition) is 0. The van der Waals surface area contributed by atoms with Crippen LogP contribution in [0.5, 0.6) is 0 Å². The van der Waals surface area contributed by atoms with E-state index >= 15 is 0 Å². The molecule has 0 N–H and O–H groups in total. The van der Waals surface area contributed by atoms with Crippen molar-refractivity contribution in [3.8, 4) is 0 Å². The maximum Gasteiger partial charge on any atom is 0.129 e. The Labute approximate surface area is 68.2 Å². The molecule has 0 radical (unpaired) electrons. The molecule has 0 aliphatic carbocycles. The van der Waals surface area contributed by atoms with E-state index in [0.29, 0.717) is 0 Å². The summed E-state index contributed by atoms with van der Waals surface area (Å²) in [6.07, 6.45) is 2.14. The molecule has 2 nitrogen and oxygen atoms in total. The van der Waals surface area contributed by atoms with Gasteiger partial charge in [0.15, 0.2) is 0 Å². The van der Waals surface area contributed by atoms with Crippen LogP contribution >= 0.6 is 0 Å². The Kier molecular flexibility index (Phi) is 2.23. The highest BCUT2D eigenvalue weighted by molar-refractivity contribution is 4.97. The molecule has 1 aliphatic rings. The molecule has 0 bridgehead atoms. The second-order valence-corrected chi connectivity index (χ2v) is 3.51. The molecule has 1 unspecified atom stereocenters. The van der Waals surface area contributed by atoms with Gasteiger partial charge in [0, 0.05) is 13.5 Å². The average molecular weight is 156 g/mol.